The first-order valence-corrected chi connectivity index (χ1v) is 15.8. The van der Waals surface area contributed by atoms with Gasteiger partial charge in [-0.2, -0.15) is 13.5 Å². The molecule has 226 valence electrons. The van der Waals surface area contributed by atoms with Gasteiger partial charge in [0.2, 0.25) is 21.8 Å². The number of hydrogen-bond donors (Lipinski definition) is 2. The van der Waals surface area contributed by atoms with Gasteiger partial charge in [-0.05, 0) is 49.6 Å². The van der Waals surface area contributed by atoms with Crippen molar-refractivity contribution in [2.45, 2.75) is 55.8 Å². The van der Waals surface area contributed by atoms with Gasteiger partial charge in [-0.15, -0.1) is 11.3 Å². The largest absolute Gasteiger partial charge is 0.433 e. The summed E-state index contributed by atoms with van der Waals surface area (Å²) in [7, 11) is -4.69. The molecule has 5 rings (SSSR count). The zero-order valence-corrected chi connectivity index (χ0v) is 24.4. The summed E-state index contributed by atoms with van der Waals surface area (Å²) in [4.78, 5) is 28.7. The Balaban J connectivity index is 1.47. The molecular formula is C26H27ClF2N4O7S2. The van der Waals surface area contributed by atoms with Crippen molar-refractivity contribution in [3.8, 4) is 16.4 Å². The maximum absolute atomic E-state index is 13.7. The van der Waals surface area contributed by atoms with E-state index in [0.717, 1.165) is 12.1 Å². The van der Waals surface area contributed by atoms with Crippen LogP contribution in [-0.4, -0.2) is 73.8 Å². The second kappa shape index (κ2) is 12.6. The lowest BCUT2D eigenvalue weighted by atomic mass is 10.1. The van der Waals surface area contributed by atoms with Crippen molar-refractivity contribution < 1.29 is 41.2 Å². The molecule has 2 atom stereocenters. The van der Waals surface area contributed by atoms with Crippen molar-refractivity contribution >= 4 is 50.5 Å². The Morgan fingerprint density at radius 3 is 2.71 bits per heavy atom. The average molecular weight is 645 g/mol. The van der Waals surface area contributed by atoms with Crippen molar-refractivity contribution in [1.29, 1.82) is 0 Å². The Hall–Kier alpha value is -3.11. The van der Waals surface area contributed by atoms with Crippen LogP contribution in [0.5, 0.6) is 5.75 Å². The van der Waals surface area contributed by atoms with Crippen LogP contribution in [0.3, 0.4) is 0 Å². The summed E-state index contributed by atoms with van der Waals surface area (Å²) in [6.07, 6.45) is 0.951. The molecule has 0 saturated carbocycles. The number of thiophene rings is 1. The zero-order valence-electron chi connectivity index (χ0n) is 22.0. The van der Waals surface area contributed by atoms with Gasteiger partial charge in [0, 0.05) is 44.2 Å². The first kappa shape index (κ1) is 30.4. The van der Waals surface area contributed by atoms with Crippen LogP contribution >= 0.6 is 22.9 Å². The highest BCUT2D eigenvalue weighted by Crippen LogP contribution is 2.33. The molecule has 2 aromatic heterocycles. The fourth-order valence-electron chi connectivity index (χ4n) is 4.92. The standard InChI is InChI=1S/C26H27ClF2N4O7S2/c27-23-7-6-21(41-23)20-12-15(30-40-20)11-18(25(36)32-10-8-17(34)14-32)31-42(37,38)22-13-16(4-5-19(22)39-26(28)29)33-9-2-1-3-24(33)35/h4-7,12-13,17-18,26,31,34H,1-3,8-11,14H2/t17-,18?/m1/s1. The third-order valence-electron chi connectivity index (χ3n) is 6.93. The van der Waals surface area contributed by atoms with Gasteiger partial charge in [-0.1, -0.05) is 16.8 Å². The average Bonchev–Trinajstić information content (AvgIpc) is 3.69. The summed E-state index contributed by atoms with van der Waals surface area (Å²) in [5.74, 6) is -1.15. The van der Waals surface area contributed by atoms with Gasteiger partial charge < -0.3 is 24.2 Å². The highest BCUT2D eigenvalue weighted by atomic mass is 35.5. The van der Waals surface area contributed by atoms with Crippen molar-refractivity contribution in [2.75, 3.05) is 24.5 Å². The van der Waals surface area contributed by atoms with Gasteiger partial charge in [0.25, 0.3) is 0 Å². The number of β-amino-alcohol motifs (C(OH)–C–C–N with tert-alkyl or cyclic N) is 1. The van der Waals surface area contributed by atoms with Crippen LogP contribution in [0.2, 0.25) is 4.34 Å². The van der Waals surface area contributed by atoms with Crippen LogP contribution in [0.1, 0.15) is 31.4 Å². The molecule has 2 fully saturated rings. The number of rotatable bonds is 10. The lowest BCUT2D eigenvalue weighted by Crippen LogP contribution is -2.49. The predicted molar refractivity (Wildman–Crippen MR) is 149 cm³/mol. The van der Waals surface area contributed by atoms with Gasteiger partial charge >= 0.3 is 6.61 Å². The number of sulfonamides is 1. The van der Waals surface area contributed by atoms with Gasteiger partial charge in [-0.3, -0.25) is 9.59 Å². The maximum Gasteiger partial charge on any atom is 0.387 e. The van der Waals surface area contributed by atoms with Crippen molar-refractivity contribution in [3.63, 3.8) is 0 Å². The number of nitrogens with zero attached hydrogens (tertiary/aromatic N) is 3. The van der Waals surface area contributed by atoms with Gasteiger partial charge in [0.15, 0.2) is 5.76 Å². The molecule has 11 nitrogen and oxygen atoms in total. The number of amides is 2. The lowest BCUT2D eigenvalue weighted by molar-refractivity contribution is -0.132. The summed E-state index contributed by atoms with van der Waals surface area (Å²) in [5, 5.41) is 13.9. The number of hydrogen-bond acceptors (Lipinski definition) is 9. The molecule has 16 heteroatoms. The van der Waals surface area contributed by atoms with E-state index in [2.05, 4.69) is 14.6 Å². The van der Waals surface area contributed by atoms with E-state index in [4.69, 9.17) is 16.1 Å². The third-order valence-corrected chi connectivity index (χ3v) is 9.67. The smallest absolute Gasteiger partial charge is 0.387 e. The number of aromatic nitrogens is 1. The fraction of sp³-hybridized carbons (Fsp3) is 0.423. The first-order valence-electron chi connectivity index (χ1n) is 13.1. The molecule has 0 aliphatic carbocycles. The monoisotopic (exact) mass is 644 g/mol. The predicted octanol–water partition coefficient (Wildman–Crippen LogP) is 3.66. The number of halogens is 3. The quantitative estimate of drug-likeness (QED) is 0.341. The van der Waals surface area contributed by atoms with Crippen LogP contribution in [0, 0.1) is 0 Å². The summed E-state index contributed by atoms with van der Waals surface area (Å²) < 4.78 is 66.7. The number of carbonyl (C=O) groups is 2. The topological polar surface area (TPSA) is 142 Å². The number of carbonyl (C=O) groups excluding carboxylic acids is 2. The molecule has 1 aromatic carbocycles. The molecule has 0 spiro atoms. The Bertz CT molecular complexity index is 1570. The molecule has 2 aliphatic heterocycles. The number of alkyl halides is 2. The summed E-state index contributed by atoms with van der Waals surface area (Å²) in [6, 6.07) is 6.98. The van der Waals surface area contributed by atoms with E-state index in [0.29, 0.717) is 40.8 Å². The SMILES string of the molecule is O=C(C(Cc1cc(-c2ccc(Cl)s2)on1)NS(=O)(=O)c1cc(N2CCCCC2=O)ccc1OC(F)F)N1CC[C@@H](O)C1. The summed E-state index contributed by atoms with van der Waals surface area (Å²) in [6.45, 7) is -2.80. The Kier molecular flexibility index (Phi) is 9.13. The number of ether oxygens (including phenoxy) is 1. The zero-order chi connectivity index (χ0) is 30.0. The number of piperidine rings is 1. The van der Waals surface area contributed by atoms with Crippen LogP contribution in [-0.2, 0) is 26.0 Å². The molecule has 2 N–H and O–H groups in total. The molecule has 2 amide bonds. The maximum atomic E-state index is 13.7. The van der Waals surface area contributed by atoms with E-state index in [1.807, 2.05) is 0 Å². The molecule has 2 aliphatic rings. The number of aliphatic hydroxyl groups excluding tert-OH is 1. The van der Waals surface area contributed by atoms with Crippen molar-refractivity contribution in [1.82, 2.24) is 14.8 Å². The molecule has 2 saturated heterocycles. The Morgan fingerprint density at radius 2 is 2.05 bits per heavy atom. The van der Waals surface area contributed by atoms with E-state index in [1.54, 1.807) is 18.2 Å². The van der Waals surface area contributed by atoms with E-state index in [1.165, 1.54) is 27.2 Å². The number of nitrogens with one attached hydrogen (secondary N) is 1. The normalized spacial score (nSPS) is 18.6. The molecular weight excluding hydrogens is 618 g/mol. The molecule has 42 heavy (non-hydrogen) atoms. The minimum absolute atomic E-state index is 0.00111. The Labute approximate surface area is 249 Å². The van der Waals surface area contributed by atoms with E-state index in [-0.39, 0.29) is 43.2 Å². The molecule has 0 radical (unpaired) electrons. The minimum Gasteiger partial charge on any atom is -0.433 e. The second-order valence-corrected chi connectivity index (χ2v) is 13.3. The molecule has 4 heterocycles. The summed E-state index contributed by atoms with van der Waals surface area (Å²) >= 11 is 7.24. The number of aliphatic hydroxyl groups is 1. The fourth-order valence-corrected chi connectivity index (χ4v) is 7.25. The van der Waals surface area contributed by atoms with Crippen LogP contribution in [0.25, 0.3) is 10.6 Å². The third kappa shape index (κ3) is 6.92. The molecule has 1 unspecified atom stereocenters. The van der Waals surface area contributed by atoms with Crippen LogP contribution < -0.4 is 14.4 Å². The van der Waals surface area contributed by atoms with Crippen LogP contribution in [0.4, 0.5) is 14.5 Å². The summed E-state index contributed by atoms with van der Waals surface area (Å²) in [5.41, 5.74) is 0.440. The van der Waals surface area contributed by atoms with Crippen molar-refractivity contribution in [3.05, 3.63) is 46.4 Å². The van der Waals surface area contributed by atoms with E-state index >= 15 is 0 Å². The molecule has 0 bridgehead atoms. The van der Waals surface area contributed by atoms with Crippen LogP contribution in [0.15, 0.2) is 45.8 Å². The van der Waals surface area contributed by atoms with E-state index in [9.17, 15) is 31.9 Å². The second-order valence-electron chi connectivity index (χ2n) is 9.90. The molecule has 3 aromatic rings. The number of anilines is 1. The Morgan fingerprint density at radius 1 is 1.24 bits per heavy atom. The first-order chi connectivity index (χ1) is 20.0. The van der Waals surface area contributed by atoms with Gasteiger partial charge in [0.05, 0.1) is 21.0 Å². The highest BCUT2D eigenvalue weighted by molar-refractivity contribution is 7.89. The highest BCUT2D eigenvalue weighted by Gasteiger charge is 2.35. The lowest BCUT2D eigenvalue weighted by Gasteiger charge is -2.28. The van der Waals surface area contributed by atoms with E-state index < -0.39 is 45.3 Å². The minimum atomic E-state index is -4.69. The van der Waals surface area contributed by atoms with Gasteiger partial charge in [0.1, 0.15) is 16.7 Å². The van der Waals surface area contributed by atoms with Gasteiger partial charge in [-0.25, -0.2) is 8.42 Å². The number of likely N-dealkylation sites (tertiary alicyclic amines) is 1. The number of benzene rings is 1. The van der Waals surface area contributed by atoms with Crippen molar-refractivity contribution in [2.24, 2.45) is 0 Å².